The zero-order valence-corrected chi connectivity index (χ0v) is 10.4. The maximum atomic E-state index is 11.7. The molecule has 0 aliphatic rings. The highest BCUT2D eigenvalue weighted by Crippen LogP contribution is 2.04. The van der Waals surface area contributed by atoms with Crippen LogP contribution in [0.1, 0.15) is 24.8 Å². The quantitative estimate of drug-likeness (QED) is 0.752. The summed E-state index contributed by atoms with van der Waals surface area (Å²) in [7, 11) is -3.25. The Morgan fingerprint density at radius 1 is 1.18 bits per heavy atom. The van der Waals surface area contributed by atoms with Crippen molar-refractivity contribution in [2.24, 2.45) is 0 Å². The highest BCUT2D eigenvalue weighted by atomic mass is 32.2. The van der Waals surface area contributed by atoms with Crippen LogP contribution in [-0.4, -0.2) is 15.0 Å². The third-order valence-electron chi connectivity index (χ3n) is 2.24. The van der Waals surface area contributed by atoms with Gasteiger partial charge in [0.1, 0.15) is 0 Å². The second-order valence-corrected chi connectivity index (χ2v) is 5.56. The molecule has 0 aliphatic carbocycles. The number of unbranched alkanes of at least 4 members (excludes halogenated alkanes) is 2. The maximum absolute atomic E-state index is 11.7. The van der Waals surface area contributed by atoms with E-state index in [4.69, 9.17) is 5.26 Å². The van der Waals surface area contributed by atoms with E-state index in [9.17, 15) is 8.42 Å². The second kappa shape index (κ2) is 7.05. The van der Waals surface area contributed by atoms with Crippen LogP contribution < -0.4 is 4.72 Å². The molecule has 1 N–H and O–H groups in total. The number of nitrogens with one attached hydrogen (secondary N) is 1. The van der Waals surface area contributed by atoms with Gasteiger partial charge in [-0.05, 0) is 18.4 Å². The summed E-state index contributed by atoms with van der Waals surface area (Å²) in [4.78, 5) is 0. The van der Waals surface area contributed by atoms with Gasteiger partial charge in [-0.3, -0.25) is 0 Å². The molecule has 0 bridgehead atoms. The fourth-order valence-electron chi connectivity index (χ4n) is 1.40. The van der Waals surface area contributed by atoms with Crippen LogP contribution in [0.3, 0.4) is 0 Å². The van der Waals surface area contributed by atoms with E-state index in [1.54, 1.807) is 12.1 Å². The summed E-state index contributed by atoms with van der Waals surface area (Å²) in [6.07, 6.45) is 1.90. The number of sulfonamides is 1. The lowest BCUT2D eigenvalue weighted by Gasteiger charge is -2.05. The first kappa shape index (κ1) is 13.7. The molecular weight excluding hydrogens is 236 g/mol. The molecule has 17 heavy (non-hydrogen) atoms. The fraction of sp³-hybridized carbons (Fsp3) is 0.417. The molecule has 0 saturated heterocycles. The highest BCUT2D eigenvalue weighted by molar-refractivity contribution is 7.88. The van der Waals surface area contributed by atoms with Crippen LogP contribution in [0.2, 0.25) is 0 Å². The Bertz CT molecular complexity index is 463. The summed E-state index contributed by atoms with van der Waals surface area (Å²) in [6.45, 7) is 0.400. The van der Waals surface area contributed by atoms with Gasteiger partial charge in [0.2, 0.25) is 10.0 Å². The summed E-state index contributed by atoms with van der Waals surface area (Å²) in [5.41, 5.74) is 0.775. The minimum Gasteiger partial charge on any atom is -0.215 e. The Balaban J connectivity index is 2.35. The van der Waals surface area contributed by atoms with E-state index >= 15 is 0 Å². The predicted octanol–water partition coefficient (Wildman–Crippen LogP) is 1.80. The Morgan fingerprint density at radius 3 is 2.53 bits per heavy atom. The molecule has 0 radical (unpaired) electrons. The van der Waals surface area contributed by atoms with E-state index in [2.05, 4.69) is 4.72 Å². The van der Waals surface area contributed by atoms with Gasteiger partial charge < -0.3 is 0 Å². The van der Waals surface area contributed by atoms with Gasteiger partial charge in [-0.1, -0.05) is 30.3 Å². The molecule has 4 nitrogen and oxygen atoms in total. The van der Waals surface area contributed by atoms with Gasteiger partial charge in [0, 0.05) is 13.0 Å². The van der Waals surface area contributed by atoms with Crippen molar-refractivity contribution in [2.75, 3.05) is 6.54 Å². The van der Waals surface area contributed by atoms with Gasteiger partial charge >= 0.3 is 0 Å². The predicted molar refractivity (Wildman–Crippen MR) is 66.5 cm³/mol. The average Bonchev–Trinajstić information content (AvgIpc) is 2.29. The Kier molecular flexibility index (Phi) is 5.67. The first-order chi connectivity index (χ1) is 8.14. The molecule has 1 aromatic rings. The van der Waals surface area contributed by atoms with Gasteiger partial charge in [0.05, 0.1) is 11.8 Å². The van der Waals surface area contributed by atoms with Crippen LogP contribution in [0.25, 0.3) is 0 Å². The van der Waals surface area contributed by atoms with Crippen LogP contribution >= 0.6 is 0 Å². The molecule has 0 amide bonds. The van der Waals surface area contributed by atoms with Crippen molar-refractivity contribution in [1.82, 2.24) is 4.72 Å². The largest absolute Gasteiger partial charge is 0.215 e. The van der Waals surface area contributed by atoms with Crippen molar-refractivity contribution in [1.29, 1.82) is 5.26 Å². The minimum absolute atomic E-state index is 0.00604. The Labute approximate surface area is 102 Å². The zero-order valence-electron chi connectivity index (χ0n) is 9.59. The molecule has 0 heterocycles. The topological polar surface area (TPSA) is 70.0 Å². The molecule has 5 heteroatoms. The van der Waals surface area contributed by atoms with Crippen LogP contribution in [0.4, 0.5) is 0 Å². The lowest BCUT2D eigenvalue weighted by Crippen LogP contribution is -2.26. The molecule has 1 aromatic carbocycles. The lowest BCUT2D eigenvalue weighted by molar-refractivity contribution is 0.576. The van der Waals surface area contributed by atoms with E-state index < -0.39 is 10.0 Å². The summed E-state index contributed by atoms with van der Waals surface area (Å²) < 4.78 is 25.8. The van der Waals surface area contributed by atoms with E-state index in [1.807, 2.05) is 24.3 Å². The molecule has 92 valence electrons. The van der Waals surface area contributed by atoms with Gasteiger partial charge in [-0.2, -0.15) is 5.26 Å². The second-order valence-electron chi connectivity index (χ2n) is 3.75. The van der Waals surface area contributed by atoms with E-state index in [-0.39, 0.29) is 5.75 Å². The third kappa shape index (κ3) is 6.05. The SMILES string of the molecule is N#CCCCCNS(=O)(=O)Cc1ccccc1. The number of nitriles is 1. The third-order valence-corrected chi connectivity index (χ3v) is 3.59. The number of rotatable bonds is 7. The van der Waals surface area contributed by atoms with E-state index in [0.29, 0.717) is 19.4 Å². The highest BCUT2D eigenvalue weighted by Gasteiger charge is 2.09. The first-order valence-electron chi connectivity index (χ1n) is 5.52. The van der Waals surface area contributed by atoms with Crippen LogP contribution in [0.15, 0.2) is 30.3 Å². The minimum atomic E-state index is -3.25. The molecule has 0 aliphatic heterocycles. The van der Waals surface area contributed by atoms with Crippen LogP contribution in [-0.2, 0) is 15.8 Å². The monoisotopic (exact) mass is 252 g/mol. The number of hydrogen-bond donors (Lipinski definition) is 1. The van der Waals surface area contributed by atoms with Gasteiger partial charge in [0.25, 0.3) is 0 Å². The standard InChI is InChI=1S/C12H16N2O2S/c13-9-5-2-6-10-14-17(15,16)11-12-7-3-1-4-8-12/h1,3-4,7-8,14H,2,5-6,10-11H2. The van der Waals surface area contributed by atoms with Crippen LogP contribution in [0.5, 0.6) is 0 Å². The molecule has 0 fully saturated rings. The van der Waals surface area contributed by atoms with Crippen molar-refractivity contribution >= 4 is 10.0 Å². The first-order valence-corrected chi connectivity index (χ1v) is 7.17. The van der Waals surface area contributed by atoms with E-state index in [0.717, 1.165) is 12.0 Å². The average molecular weight is 252 g/mol. The molecule has 1 rings (SSSR count). The number of hydrogen-bond acceptors (Lipinski definition) is 3. The molecule has 0 atom stereocenters. The summed E-state index contributed by atoms with van der Waals surface area (Å²) >= 11 is 0. The summed E-state index contributed by atoms with van der Waals surface area (Å²) in [5, 5.41) is 8.33. The van der Waals surface area contributed by atoms with Crippen molar-refractivity contribution < 1.29 is 8.42 Å². The maximum Gasteiger partial charge on any atom is 0.215 e. The number of benzene rings is 1. The van der Waals surface area contributed by atoms with Crippen molar-refractivity contribution in [3.05, 3.63) is 35.9 Å². The Hall–Kier alpha value is -1.38. The molecule has 0 aromatic heterocycles. The van der Waals surface area contributed by atoms with Crippen molar-refractivity contribution in [3.63, 3.8) is 0 Å². The molecular formula is C12H16N2O2S. The van der Waals surface area contributed by atoms with Gasteiger partial charge in [-0.25, -0.2) is 13.1 Å². The van der Waals surface area contributed by atoms with Crippen LogP contribution in [0, 0.1) is 11.3 Å². The van der Waals surface area contributed by atoms with Crippen molar-refractivity contribution in [2.45, 2.75) is 25.0 Å². The smallest absolute Gasteiger partial charge is 0.215 e. The van der Waals surface area contributed by atoms with E-state index in [1.165, 1.54) is 0 Å². The fourth-order valence-corrected chi connectivity index (χ4v) is 2.59. The lowest BCUT2D eigenvalue weighted by atomic mass is 10.2. The zero-order chi connectivity index (χ0) is 12.6. The summed E-state index contributed by atoms with van der Waals surface area (Å²) in [5.74, 6) is 0.00604. The Morgan fingerprint density at radius 2 is 1.88 bits per heavy atom. The molecule has 0 unspecified atom stereocenters. The molecule has 0 spiro atoms. The van der Waals surface area contributed by atoms with Crippen molar-refractivity contribution in [3.8, 4) is 6.07 Å². The summed E-state index contributed by atoms with van der Waals surface area (Å²) in [6, 6.07) is 11.1. The van der Waals surface area contributed by atoms with Gasteiger partial charge in [-0.15, -0.1) is 0 Å². The number of nitrogens with zero attached hydrogens (tertiary/aromatic N) is 1. The normalized spacial score (nSPS) is 11.0. The van der Waals surface area contributed by atoms with Gasteiger partial charge in [0.15, 0.2) is 0 Å². The molecule has 0 saturated carbocycles.